The maximum atomic E-state index is 13.1. The van der Waals surface area contributed by atoms with Gasteiger partial charge in [-0.3, -0.25) is 9.48 Å². The summed E-state index contributed by atoms with van der Waals surface area (Å²) >= 11 is 0. The average Bonchev–Trinajstić information content (AvgIpc) is 3.02. The minimum absolute atomic E-state index is 0.162. The van der Waals surface area contributed by atoms with Crippen LogP contribution >= 0.6 is 0 Å². The molecule has 1 aromatic heterocycles. The van der Waals surface area contributed by atoms with Crippen molar-refractivity contribution in [2.75, 3.05) is 19.6 Å². The van der Waals surface area contributed by atoms with Crippen LogP contribution in [0.4, 0.5) is 0 Å². The number of ether oxygens (including phenoxy) is 1. The Kier molecular flexibility index (Phi) is 4.67. The van der Waals surface area contributed by atoms with Crippen molar-refractivity contribution in [3.8, 4) is 5.75 Å². The van der Waals surface area contributed by atoms with Crippen LogP contribution in [0.15, 0.2) is 35.4 Å². The Balaban J connectivity index is 1.54. The van der Waals surface area contributed by atoms with Crippen molar-refractivity contribution in [3.05, 3.63) is 41.7 Å². The molecule has 0 saturated carbocycles. The van der Waals surface area contributed by atoms with Gasteiger partial charge in [0.2, 0.25) is 10.0 Å². The lowest BCUT2D eigenvalue weighted by Gasteiger charge is -2.40. The van der Waals surface area contributed by atoms with Crippen molar-refractivity contribution >= 4 is 15.9 Å². The second kappa shape index (κ2) is 6.89. The van der Waals surface area contributed by atoms with Gasteiger partial charge in [-0.25, -0.2) is 8.42 Å². The van der Waals surface area contributed by atoms with Crippen LogP contribution in [0.3, 0.4) is 0 Å². The molecule has 150 valence electrons. The lowest BCUT2D eigenvalue weighted by Crippen LogP contribution is -2.54. The number of amides is 1. The number of nitrogens with zero attached hydrogens (tertiary/aromatic N) is 3. The van der Waals surface area contributed by atoms with Crippen LogP contribution in [-0.2, 0) is 16.6 Å². The summed E-state index contributed by atoms with van der Waals surface area (Å²) < 4.78 is 35.6. The number of para-hydroxylation sites is 1. The molecule has 1 fully saturated rings. The first-order valence-corrected chi connectivity index (χ1v) is 10.9. The van der Waals surface area contributed by atoms with Crippen LogP contribution in [-0.4, -0.2) is 53.6 Å². The molecule has 3 heterocycles. The number of piperidine rings is 1. The number of hydrogen-bond acceptors (Lipinski definition) is 5. The van der Waals surface area contributed by atoms with Gasteiger partial charge in [-0.05, 0) is 26.0 Å². The molecule has 4 rings (SSSR count). The number of hydrogen-bond donors (Lipinski definition) is 1. The SMILES string of the molecule is CCn1ncc(S(=O)(=O)N2CCC3(CC2)CNC(=O)c2ccccc2O3)c1C. The molecule has 0 radical (unpaired) electrons. The molecular formula is C19H24N4O4S. The zero-order valence-corrected chi connectivity index (χ0v) is 16.8. The first-order valence-electron chi connectivity index (χ1n) is 9.45. The highest BCUT2D eigenvalue weighted by atomic mass is 32.2. The normalized spacial score (nSPS) is 19.6. The van der Waals surface area contributed by atoms with E-state index in [4.69, 9.17) is 4.74 Å². The molecule has 2 aromatic rings. The number of carbonyl (C=O) groups excluding carboxylic acids is 1. The van der Waals surface area contributed by atoms with Crippen molar-refractivity contribution in [1.29, 1.82) is 0 Å². The highest BCUT2D eigenvalue weighted by molar-refractivity contribution is 7.89. The van der Waals surface area contributed by atoms with Gasteiger partial charge in [0.05, 0.1) is 24.0 Å². The number of sulfonamides is 1. The molecule has 1 amide bonds. The third-order valence-corrected chi connectivity index (χ3v) is 7.64. The summed E-state index contributed by atoms with van der Waals surface area (Å²) in [4.78, 5) is 12.6. The molecule has 1 spiro atoms. The first-order chi connectivity index (χ1) is 13.4. The summed E-state index contributed by atoms with van der Waals surface area (Å²) in [6, 6.07) is 7.15. The highest BCUT2D eigenvalue weighted by Crippen LogP contribution is 2.34. The number of fused-ring (bicyclic) bond motifs is 1. The molecule has 28 heavy (non-hydrogen) atoms. The molecule has 2 aliphatic rings. The van der Waals surface area contributed by atoms with Gasteiger partial charge in [0.1, 0.15) is 16.2 Å². The largest absolute Gasteiger partial charge is 0.485 e. The number of nitrogens with one attached hydrogen (secondary N) is 1. The van der Waals surface area contributed by atoms with E-state index in [2.05, 4.69) is 10.4 Å². The fourth-order valence-corrected chi connectivity index (χ4v) is 5.50. The van der Waals surface area contributed by atoms with Gasteiger partial charge in [0.25, 0.3) is 5.91 Å². The van der Waals surface area contributed by atoms with E-state index >= 15 is 0 Å². The molecule has 1 saturated heterocycles. The smallest absolute Gasteiger partial charge is 0.255 e. The second-order valence-electron chi connectivity index (χ2n) is 7.28. The zero-order chi connectivity index (χ0) is 19.9. The van der Waals surface area contributed by atoms with Crippen molar-refractivity contribution in [3.63, 3.8) is 0 Å². The summed E-state index contributed by atoms with van der Waals surface area (Å²) in [5.74, 6) is 0.388. The Labute approximate surface area is 164 Å². The van der Waals surface area contributed by atoms with Gasteiger partial charge in [0.15, 0.2) is 0 Å². The van der Waals surface area contributed by atoms with Gasteiger partial charge >= 0.3 is 0 Å². The van der Waals surface area contributed by atoms with E-state index in [9.17, 15) is 13.2 Å². The minimum atomic E-state index is -3.61. The Bertz CT molecular complexity index is 1010. The molecule has 1 N–H and O–H groups in total. The fourth-order valence-electron chi connectivity index (χ4n) is 3.90. The predicted octanol–water partition coefficient (Wildman–Crippen LogP) is 1.56. The third-order valence-electron chi connectivity index (χ3n) is 5.64. The van der Waals surface area contributed by atoms with Crippen molar-refractivity contribution in [2.24, 2.45) is 0 Å². The summed E-state index contributed by atoms with van der Waals surface area (Å²) in [6.45, 7) is 5.35. The molecule has 1 aromatic carbocycles. The maximum absolute atomic E-state index is 13.1. The lowest BCUT2D eigenvalue weighted by atomic mass is 9.92. The number of carbonyl (C=O) groups is 1. The van der Waals surface area contributed by atoms with Crippen LogP contribution < -0.4 is 10.1 Å². The van der Waals surface area contributed by atoms with E-state index in [0.29, 0.717) is 56.0 Å². The lowest BCUT2D eigenvalue weighted by molar-refractivity contribution is 0.0246. The molecule has 0 bridgehead atoms. The zero-order valence-electron chi connectivity index (χ0n) is 16.0. The second-order valence-corrected chi connectivity index (χ2v) is 9.18. The minimum Gasteiger partial charge on any atom is -0.485 e. The molecule has 0 atom stereocenters. The third kappa shape index (κ3) is 3.08. The highest BCUT2D eigenvalue weighted by Gasteiger charge is 2.43. The van der Waals surface area contributed by atoms with Crippen molar-refractivity contribution < 1.29 is 17.9 Å². The van der Waals surface area contributed by atoms with Gasteiger partial charge in [0, 0.05) is 32.5 Å². The van der Waals surface area contributed by atoms with Gasteiger partial charge < -0.3 is 10.1 Å². The van der Waals surface area contributed by atoms with Crippen LogP contribution in [0.25, 0.3) is 0 Å². The van der Waals surface area contributed by atoms with Crippen molar-refractivity contribution in [1.82, 2.24) is 19.4 Å². The first kappa shape index (κ1) is 18.9. The van der Waals surface area contributed by atoms with E-state index in [1.165, 1.54) is 10.5 Å². The van der Waals surface area contributed by atoms with E-state index in [1.807, 2.05) is 13.0 Å². The topological polar surface area (TPSA) is 93.5 Å². The molecule has 0 aliphatic carbocycles. The van der Waals surface area contributed by atoms with Crippen molar-refractivity contribution in [2.45, 2.75) is 43.7 Å². The standard InChI is InChI=1S/C19H24N4O4S/c1-3-23-14(2)17(12-21-23)28(25,26)22-10-8-19(9-11-22)13-20-18(24)15-6-4-5-7-16(15)27-19/h4-7,12H,3,8-11,13H2,1-2H3,(H,20,24). The quantitative estimate of drug-likeness (QED) is 0.838. The Morgan fingerprint density at radius 2 is 1.96 bits per heavy atom. The molecular weight excluding hydrogens is 380 g/mol. The van der Waals surface area contributed by atoms with Gasteiger partial charge in [-0.15, -0.1) is 0 Å². The Hall–Kier alpha value is -2.39. The average molecular weight is 404 g/mol. The summed E-state index contributed by atoms with van der Waals surface area (Å²) in [5, 5.41) is 7.08. The predicted molar refractivity (Wildman–Crippen MR) is 103 cm³/mol. The van der Waals surface area contributed by atoms with Gasteiger partial charge in [-0.2, -0.15) is 9.40 Å². The summed E-state index contributed by atoms with van der Waals surface area (Å²) in [6.07, 6.45) is 2.43. The molecule has 8 nitrogen and oxygen atoms in total. The number of benzene rings is 1. The van der Waals surface area contributed by atoms with E-state index < -0.39 is 15.6 Å². The number of rotatable bonds is 3. The monoisotopic (exact) mass is 404 g/mol. The maximum Gasteiger partial charge on any atom is 0.255 e. The summed E-state index contributed by atoms with van der Waals surface area (Å²) in [7, 11) is -3.61. The van der Waals surface area contributed by atoms with Crippen LogP contribution in [0, 0.1) is 6.92 Å². The molecule has 2 aliphatic heterocycles. The molecule has 0 unspecified atom stereocenters. The van der Waals surface area contributed by atoms with Gasteiger partial charge in [-0.1, -0.05) is 12.1 Å². The number of aryl methyl sites for hydroxylation is 1. The van der Waals surface area contributed by atoms with E-state index in [0.717, 1.165) is 0 Å². The summed E-state index contributed by atoms with van der Waals surface area (Å²) in [5.41, 5.74) is 0.559. The molecule has 9 heteroatoms. The van der Waals surface area contributed by atoms with E-state index in [-0.39, 0.29) is 10.8 Å². The number of aromatic nitrogens is 2. The van der Waals surface area contributed by atoms with Crippen LogP contribution in [0.5, 0.6) is 5.75 Å². The van der Waals surface area contributed by atoms with Crippen LogP contribution in [0.2, 0.25) is 0 Å². The van der Waals surface area contributed by atoms with Crippen LogP contribution in [0.1, 0.15) is 35.8 Å². The fraction of sp³-hybridized carbons (Fsp3) is 0.474. The Morgan fingerprint density at radius 3 is 2.64 bits per heavy atom. The Morgan fingerprint density at radius 1 is 1.25 bits per heavy atom. The van der Waals surface area contributed by atoms with E-state index in [1.54, 1.807) is 29.8 Å².